The van der Waals surface area contributed by atoms with Crippen LogP contribution >= 0.6 is 15.9 Å². The Kier molecular flexibility index (Phi) is 5.19. The third kappa shape index (κ3) is 3.91. The second kappa shape index (κ2) is 7.53. The van der Waals surface area contributed by atoms with E-state index in [1.54, 1.807) is 25.1 Å². The van der Waals surface area contributed by atoms with Gasteiger partial charge in [-0.2, -0.15) is 0 Å². The Balaban J connectivity index is 1.77. The summed E-state index contributed by atoms with van der Waals surface area (Å²) < 4.78 is 11.5. The summed E-state index contributed by atoms with van der Waals surface area (Å²) in [4.78, 5) is 14.2. The molecular formula is C19H17BrN2O3. The van der Waals surface area contributed by atoms with Gasteiger partial charge in [0.15, 0.2) is 0 Å². The Morgan fingerprint density at radius 2 is 1.96 bits per heavy atom. The lowest BCUT2D eigenvalue weighted by Crippen LogP contribution is -2.26. The van der Waals surface area contributed by atoms with E-state index in [2.05, 4.69) is 21.1 Å². The summed E-state index contributed by atoms with van der Waals surface area (Å²) in [5.74, 6) is 0.692. The molecule has 3 rings (SSSR count). The second-order valence-corrected chi connectivity index (χ2v) is 6.48. The standard InChI is InChI=1S/C19H17BrN2O3/c1-22(12-14-10-15(20)8-9-17(14)24-2)19(23)18-11-16(21-25-18)13-6-4-3-5-7-13/h3-11H,12H2,1-2H3. The summed E-state index contributed by atoms with van der Waals surface area (Å²) in [7, 11) is 3.32. The number of nitrogens with zero attached hydrogens (tertiary/aromatic N) is 2. The van der Waals surface area contributed by atoms with Crippen LogP contribution in [0.5, 0.6) is 5.75 Å². The largest absolute Gasteiger partial charge is 0.496 e. The molecule has 6 heteroatoms. The van der Waals surface area contributed by atoms with E-state index in [0.717, 1.165) is 21.3 Å². The highest BCUT2D eigenvalue weighted by Gasteiger charge is 2.19. The molecule has 2 aromatic carbocycles. The molecule has 3 aromatic rings. The number of carbonyl (C=O) groups is 1. The quantitative estimate of drug-likeness (QED) is 0.637. The summed E-state index contributed by atoms with van der Waals surface area (Å²) in [6.07, 6.45) is 0. The summed E-state index contributed by atoms with van der Waals surface area (Å²) in [5, 5.41) is 3.99. The molecule has 25 heavy (non-hydrogen) atoms. The van der Waals surface area contributed by atoms with Crippen LogP contribution in [0.4, 0.5) is 0 Å². The van der Waals surface area contributed by atoms with Gasteiger partial charge in [-0.3, -0.25) is 4.79 Å². The van der Waals surface area contributed by atoms with Crippen molar-refractivity contribution in [2.45, 2.75) is 6.54 Å². The highest BCUT2D eigenvalue weighted by molar-refractivity contribution is 9.10. The first kappa shape index (κ1) is 17.2. The molecular weight excluding hydrogens is 384 g/mol. The van der Waals surface area contributed by atoms with Gasteiger partial charge in [0, 0.05) is 35.3 Å². The van der Waals surface area contributed by atoms with Crippen molar-refractivity contribution in [3.63, 3.8) is 0 Å². The van der Waals surface area contributed by atoms with E-state index in [1.807, 2.05) is 48.5 Å². The van der Waals surface area contributed by atoms with Gasteiger partial charge in [-0.1, -0.05) is 51.4 Å². The zero-order chi connectivity index (χ0) is 17.8. The molecule has 1 heterocycles. The minimum absolute atomic E-state index is 0.204. The SMILES string of the molecule is COc1ccc(Br)cc1CN(C)C(=O)c1cc(-c2ccccc2)no1. The Labute approximate surface area is 154 Å². The topological polar surface area (TPSA) is 55.6 Å². The summed E-state index contributed by atoms with van der Waals surface area (Å²) >= 11 is 3.44. The lowest BCUT2D eigenvalue weighted by Gasteiger charge is -2.17. The molecule has 0 aliphatic carbocycles. The molecule has 0 unspecified atom stereocenters. The number of halogens is 1. The van der Waals surface area contributed by atoms with Gasteiger partial charge < -0.3 is 14.2 Å². The van der Waals surface area contributed by atoms with Crippen LogP contribution in [0.2, 0.25) is 0 Å². The number of amides is 1. The van der Waals surface area contributed by atoms with E-state index < -0.39 is 0 Å². The zero-order valence-electron chi connectivity index (χ0n) is 13.9. The molecule has 0 bridgehead atoms. The van der Waals surface area contributed by atoms with E-state index in [0.29, 0.717) is 12.2 Å². The monoisotopic (exact) mass is 400 g/mol. The van der Waals surface area contributed by atoms with Crippen LogP contribution in [0.1, 0.15) is 16.1 Å². The van der Waals surface area contributed by atoms with Gasteiger partial charge in [-0.15, -0.1) is 0 Å². The van der Waals surface area contributed by atoms with Crippen LogP contribution < -0.4 is 4.74 Å². The number of hydrogen-bond acceptors (Lipinski definition) is 4. The first-order chi connectivity index (χ1) is 12.1. The first-order valence-corrected chi connectivity index (χ1v) is 8.48. The second-order valence-electron chi connectivity index (χ2n) is 5.56. The van der Waals surface area contributed by atoms with Crippen LogP contribution in [-0.4, -0.2) is 30.1 Å². The number of carbonyl (C=O) groups excluding carboxylic acids is 1. The minimum Gasteiger partial charge on any atom is -0.496 e. The molecule has 0 saturated heterocycles. The number of methoxy groups -OCH3 is 1. The van der Waals surface area contributed by atoms with E-state index >= 15 is 0 Å². The molecule has 0 radical (unpaired) electrons. The van der Waals surface area contributed by atoms with Crippen molar-refractivity contribution in [2.24, 2.45) is 0 Å². The summed E-state index contributed by atoms with van der Waals surface area (Å²) in [6.45, 7) is 0.392. The molecule has 0 saturated carbocycles. The van der Waals surface area contributed by atoms with Crippen LogP contribution in [0.25, 0.3) is 11.3 Å². The average molecular weight is 401 g/mol. The molecule has 1 aromatic heterocycles. The maximum absolute atomic E-state index is 12.6. The third-order valence-electron chi connectivity index (χ3n) is 3.79. The van der Waals surface area contributed by atoms with Gasteiger partial charge >= 0.3 is 0 Å². The van der Waals surface area contributed by atoms with Gasteiger partial charge in [0.05, 0.1) is 7.11 Å². The van der Waals surface area contributed by atoms with Crippen molar-refractivity contribution in [1.29, 1.82) is 0 Å². The van der Waals surface area contributed by atoms with Crippen molar-refractivity contribution in [1.82, 2.24) is 10.1 Å². The fourth-order valence-electron chi connectivity index (χ4n) is 2.51. The predicted molar refractivity (Wildman–Crippen MR) is 98.4 cm³/mol. The Hall–Kier alpha value is -2.60. The molecule has 5 nitrogen and oxygen atoms in total. The number of aromatic nitrogens is 1. The zero-order valence-corrected chi connectivity index (χ0v) is 15.5. The Morgan fingerprint density at radius 3 is 2.68 bits per heavy atom. The fourth-order valence-corrected chi connectivity index (χ4v) is 2.92. The summed E-state index contributed by atoms with van der Waals surface area (Å²) in [6, 6.07) is 16.9. The van der Waals surface area contributed by atoms with Crippen molar-refractivity contribution in [3.05, 3.63) is 70.4 Å². The van der Waals surface area contributed by atoms with E-state index in [1.165, 1.54) is 0 Å². The molecule has 1 amide bonds. The third-order valence-corrected chi connectivity index (χ3v) is 4.28. The van der Waals surface area contributed by atoms with Crippen LogP contribution in [0.15, 0.2) is 63.6 Å². The minimum atomic E-state index is -0.239. The number of rotatable bonds is 5. The van der Waals surface area contributed by atoms with Crippen molar-refractivity contribution < 1.29 is 14.1 Å². The number of hydrogen-bond donors (Lipinski definition) is 0. The smallest absolute Gasteiger partial charge is 0.292 e. The molecule has 0 fully saturated rings. The maximum Gasteiger partial charge on any atom is 0.292 e. The molecule has 0 spiro atoms. The Bertz CT molecular complexity index is 877. The van der Waals surface area contributed by atoms with Crippen LogP contribution in [0, 0.1) is 0 Å². The average Bonchev–Trinajstić information content (AvgIpc) is 3.12. The maximum atomic E-state index is 12.6. The highest BCUT2D eigenvalue weighted by atomic mass is 79.9. The number of ether oxygens (including phenoxy) is 1. The Morgan fingerprint density at radius 1 is 1.20 bits per heavy atom. The highest BCUT2D eigenvalue weighted by Crippen LogP contribution is 2.25. The van der Waals surface area contributed by atoms with Gasteiger partial charge in [0.25, 0.3) is 5.91 Å². The van der Waals surface area contributed by atoms with E-state index in [-0.39, 0.29) is 11.7 Å². The van der Waals surface area contributed by atoms with Gasteiger partial charge in [-0.05, 0) is 18.2 Å². The fraction of sp³-hybridized carbons (Fsp3) is 0.158. The summed E-state index contributed by atoms with van der Waals surface area (Å²) in [5.41, 5.74) is 2.44. The van der Waals surface area contributed by atoms with Crippen molar-refractivity contribution >= 4 is 21.8 Å². The van der Waals surface area contributed by atoms with Gasteiger partial charge in [0.1, 0.15) is 11.4 Å². The van der Waals surface area contributed by atoms with Crippen molar-refractivity contribution in [2.75, 3.05) is 14.2 Å². The normalized spacial score (nSPS) is 10.5. The van der Waals surface area contributed by atoms with Crippen LogP contribution in [-0.2, 0) is 6.54 Å². The molecule has 0 aliphatic rings. The van der Waals surface area contributed by atoms with Crippen LogP contribution in [0.3, 0.4) is 0 Å². The van der Waals surface area contributed by atoms with Gasteiger partial charge in [-0.25, -0.2) is 0 Å². The molecule has 0 atom stereocenters. The molecule has 0 N–H and O–H groups in total. The molecule has 0 aliphatic heterocycles. The lowest BCUT2D eigenvalue weighted by atomic mass is 10.1. The van der Waals surface area contributed by atoms with E-state index in [4.69, 9.17) is 9.26 Å². The molecule has 128 valence electrons. The number of benzene rings is 2. The van der Waals surface area contributed by atoms with Gasteiger partial charge in [0.2, 0.25) is 5.76 Å². The lowest BCUT2D eigenvalue weighted by molar-refractivity contribution is 0.0742. The predicted octanol–water partition coefficient (Wildman–Crippen LogP) is 4.38. The first-order valence-electron chi connectivity index (χ1n) is 7.68. The van der Waals surface area contributed by atoms with Crippen molar-refractivity contribution in [3.8, 4) is 17.0 Å². The van der Waals surface area contributed by atoms with E-state index in [9.17, 15) is 4.79 Å².